The van der Waals surface area contributed by atoms with Gasteiger partial charge in [0.15, 0.2) is 11.5 Å². The fraction of sp³-hybridized carbons (Fsp3) is 0.125. The van der Waals surface area contributed by atoms with Crippen molar-refractivity contribution in [2.75, 3.05) is 0 Å². The van der Waals surface area contributed by atoms with Crippen LogP contribution < -0.4 is 0 Å². The Kier molecular flexibility index (Phi) is 4.49. The Hall–Kier alpha value is -4.44. The average Bonchev–Trinajstić information content (AvgIpc) is 3.53. The zero-order valence-corrected chi connectivity index (χ0v) is 18.3. The normalized spacial score (nSPS) is 11.6. The maximum atomic E-state index is 14.1. The van der Waals surface area contributed by atoms with E-state index >= 15 is 0 Å². The van der Waals surface area contributed by atoms with Crippen LogP contribution in [0.4, 0.5) is 4.39 Å². The molecular formula is C24H19FN8O. The Balaban J connectivity index is 1.51. The summed E-state index contributed by atoms with van der Waals surface area (Å²) >= 11 is 0. The minimum Gasteiger partial charge on any atom is -0.390 e. The molecule has 0 saturated heterocycles. The van der Waals surface area contributed by atoms with Crippen LogP contribution in [0, 0.1) is 12.7 Å². The molecule has 0 saturated carbocycles. The SMILES string of the molecule is Cc1cc(F)cc(-c2nccc3[nH]c(-c4n[nH]c5ccc(-c6cn(C)nc6CO)nc45)nc23)c1. The highest BCUT2D eigenvalue weighted by Gasteiger charge is 2.19. The number of hydrogen-bond donors (Lipinski definition) is 3. The summed E-state index contributed by atoms with van der Waals surface area (Å²) in [6.07, 6.45) is 3.48. The number of benzene rings is 1. The number of aromatic nitrogens is 8. The highest BCUT2D eigenvalue weighted by molar-refractivity contribution is 5.95. The molecule has 0 fully saturated rings. The fourth-order valence-corrected chi connectivity index (χ4v) is 4.21. The Morgan fingerprint density at radius 2 is 1.88 bits per heavy atom. The summed E-state index contributed by atoms with van der Waals surface area (Å²) in [7, 11) is 1.80. The number of nitrogens with one attached hydrogen (secondary N) is 2. The van der Waals surface area contributed by atoms with Crippen LogP contribution in [0.5, 0.6) is 0 Å². The Labute approximate surface area is 192 Å². The summed E-state index contributed by atoms with van der Waals surface area (Å²) in [5.74, 6) is 0.194. The molecule has 0 atom stereocenters. The van der Waals surface area contributed by atoms with Gasteiger partial charge < -0.3 is 10.1 Å². The molecule has 0 aliphatic heterocycles. The zero-order chi connectivity index (χ0) is 23.4. The third kappa shape index (κ3) is 3.23. The average molecular weight is 454 g/mol. The molecule has 10 heteroatoms. The van der Waals surface area contributed by atoms with Crippen molar-refractivity contribution in [3.05, 3.63) is 65.9 Å². The Morgan fingerprint density at radius 1 is 1.03 bits per heavy atom. The number of H-pyrrole nitrogens is 2. The molecule has 6 aromatic rings. The Morgan fingerprint density at radius 3 is 2.71 bits per heavy atom. The van der Waals surface area contributed by atoms with Gasteiger partial charge >= 0.3 is 0 Å². The molecule has 0 aliphatic rings. The van der Waals surface area contributed by atoms with Crippen molar-refractivity contribution in [3.8, 4) is 34.0 Å². The van der Waals surface area contributed by atoms with Crippen molar-refractivity contribution >= 4 is 22.1 Å². The van der Waals surface area contributed by atoms with Crippen molar-refractivity contribution in [2.45, 2.75) is 13.5 Å². The predicted molar refractivity (Wildman–Crippen MR) is 125 cm³/mol. The summed E-state index contributed by atoms with van der Waals surface area (Å²) in [5, 5.41) is 21.4. The summed E-state index contributed by atoms with van der Waals surface area (Å²) in [4.78, 5) is 17.3. The molecule has 168 valence electrons. The van der Waals surface area contributed by atoms with Crippen LogP contribution >= 0.6 is 0 Å². The molecule has 6 rings (SSSR count). The van der Waals surface area contributed by atoms with E-state index in [4.69, 9.17) is 9.97 Å². The number of aliphatic hydroxyl groups excluding tert-OH is 1. The summed E-state index contributed by atoms with van der Waals surface area (Å²) in [6, 6.07) is 10.4. The van der Waals surface area contributed by atoms with E-state index in [0.717, 1.165) is 22.2 Å². The summed E-state index contributed by atoms with van der Waals surface area (Å²) < 4.78 is 15.7. The first-order valence-electron chi connectivity index (χ1n) is 10.6. The molecule has 0 bridgehead atoms. The molecule has 5 heterocycles. The zero-order valence-electron chi connectivity index (χ0n) is 18.3. The number of aryl methyl sites for hydroxylation is 2. The van der Waals surface area contributed by atoms with E-state index in [-0.39, 0.29) is 12.4 Å². The number of halogens is 1. The number of aliphatic hydroxyl groups is 1. The van der Waals surface area contributed by atoms with Crippen LogP contribution in [-0.2, 0) is 13.7 Å². The van der Waals surface area contributed by atoms with Gasteiger partial charge in [0.05, 0.1) is 34.7 Å². The predicted octanol–water partition coefficient (Wildman–Crippen LogP) is 3.90. The van der Waals surface area contributed by atoms with Gasteiger partial charge in [-0.1, -0.05) is 0 Å². The van der Waals surface area contributed by atoms with Crippen molar-refractivity contribution in [1.82, 2.24) is 39.9 Å². The molecule has 3 N–H and O–H groups in total. The van der Waals surface area contributed by atoms with E-state index in [1.807, 2.05) is 37.4 Å². The quantitative estimate of drug-likeness (QED) is 0.371. The molecule has 0 radical (unpaired) electrons. The number of aromatic amines is 2. The number of nitrogens with zero attached hydrogens (tertiary/aromatic N) is 6. The van der Waals surface area contributed by atoms with Crippen molar-refractivity contribution in [3.63, 3.8) is 0 Å². The third-order valence-electron chi connectivity index (χ3n) is 5.68. The van der Waals surface area contributed by atoms with Gasteiger partial charge in [-0.3, -0.25) is 14.8 Å². The highest BCUT2D eigenvalue weighted by atomic mass is 19.1. The summed E-state index contributed by atoms with van der Waals surface area (Å²) in [5.41, 5.74) is 7.28. The van der Waals surface area contributed by atoms with Gasteiger partial charge in [-0.05, 0) is 48.9 Å². The number of fused-ring (bicyclic) bond motifs is 2. The monoisotopic (exact) mass is 454 g/mol. The minimum absolute atomic E-state index is 0.187. The minimum atomic E-state index is -0.322. The third-order valence-corrected chi connectivity index (χ3v) is 5.68. The largest absolute Gasteiger partial charge is 0.390 e. The van der Waals surface area contributed by atoms with E-state index in [1.54, 1.807) is 17.9 Å². The molecular weight excluding hydrogens is 435 g/mol. The van der Waals surface area contributed by atoms with Gasteiger partial charge in [0.2, 0.25) is 0 Å². The molecule has 34 heavy (non-hydrogen) atoms. The topological polar surface area (TPSA) is 121 Å². The number of pyridine rings is 2. The maximum Gasteiger partial charge on any atom is 0.161 e. The van der Waals surface area contributed by atoms with Gasteiger partial charge in [-0.15, -0.1) is 0 Å². The van der Waals surface area contributed by atoms with E-state index in [0.29, 0.717) is 45.2 Å². The Bertz CT molecular complexity index is 1680. The van der Waals surface area contributed by atoms with Gasteiger partial charge in [0, 0.05) is 30.6 Å². The molecule has 5 aromatic heterocycles. The van der Waals surface area contributed by atoms with Crippen molar-refractivity contribution in [1.29, 1.82) is 0 Å². The van der Waals surface area contributed by atoms with E-state index in [2.05, 4.69) is 25.3 Å². The number of hydrogen-bond acceptors (Lipinski definition) is 6. The molecule has 0 aliphatic carbocycles. The lowest BCUT2D eigenvalue weighted by Gasteiger charge is -2.03. The van der Waals surface area contributed by atoms with Crippen LogP contribution in [0.1, 0.15) is 11.3 Å². The molecule has 0 spiro atoms. The smallest absolute Gasteiger partial charge is 0.161 e. The van der Waals surface area contributed by atoms with E-state index < -0.39 is 0 Å². The number of imidazole rings is 1. The summed E-state index contributed by atoms with van der Waals surface area (Å²) in [6.45, 7) is 1.65. The molecule has 0 unspecified atom stereocenters. The first-order valence-corrected chi connectivity index (χ1v) is 10.6. The van der Waals surface area contributed by atoms with Crippen LogP contribution in [0.3, 0.4) is 0 Å². The second-order valence-electron chi connectivity index (χ2n) is 8.14. The van der Waals surface area contributed by atoms with Gasteiger partial charge in [0.25, 0.3) is 0 Å². The molecule has 9 nitrogen and oxygen atoms in total. The van der Waals surface area contributed by atoms with Crippen LogP contribution in [0.25, 0.3) is 56.1 Å². The van der Waals surface area contributed by atoms with Crippen LogP contribution in [0.2, 0.25) is 0 Å². The molecule has 1 aromatic carbocycles. The highest BCUT2D eigenvalue weighted by Crippen LogP contribution is 2.31. The van der Waals surface area contributed by atoms with Gasteiger partial charge in [0.1, 0.15) is 16.9 Å². The van der Waals surface area contributed by atoms with E-state index in [1.165, 1.54) is 12.1 Å². The lowest BCUT2D eigenvalue weighted by atomic mass is 10.1. The lowest BCUT2D eigenvalue weighted by Crippen LogP contribution is -1.92. The van der Waals surface area contributed by atoms with E-state index in [9.17, 15) is 9.50 Å². The fourth-order valence-electron chi connectivity index (χ4n) is 4.21. The van der Waals surface area contributed by atoms with Crippen molar-refractivity contribution < 1.29 is 9.50 Å². The lowest BCUT2D eigenvalue weighted by molar-refractivity contribution is 0.276. The first-order chi connectivity index (χ1) is 16.5. The standard InChI is InChI=1S/C24H19FN8O/c1-12-7-13(9-14(25)8-12)20-21-17(5-6-26-20)28-24(29-21)23-22-18(30-31-23)4-3-16(27-22)15-10-33(2)32-19(15)11-34/h3-10,34H,11H2,1-2H3,(H,28,29)(H,30,31). The number of rotatable bonds is 4. The van der Waals surface area contributed by atoms with Crippen LogP contribution in [-0.4, -0.2) is 45.0 Å². The van der Waals surface area contributed by atoms with Gasteiger partial charge in [-0.2, -0.15) is 10.2 Å². The second-order valence-corrected chi connectivity index (χ2v) is 8.14. The maximum absolute atomic E-state index is 14.1. The molecule has 0 amide bonds. The second kappa shape index (κ2) is 7.56. The van der Waals surface area contributed by atoms with Crippen LogP contribution in [0.15, 0.2) is 48.8 Å². The van der Waals surface area contributed by atoms with Gasteiger partial charge in [-0.25, -0.2) is 14.4 Å². The van der Waals surface area contributed by atoms with Crippen molar-refractivity contribution in [2.24, 2.45) is 7.05 Å². The first kappa shape index (κ1) is 20.2.